The third-order valence-electron chi connectivity index (χ3n) is 1.76. The van der Waals surface area contributed by atoms with Crippen LogP contribution in [-0.4, -0.2) is 27.4 Å². The predicted octanol–water partition coefficient (Wildman–Crippen LogP) is 0.863. The van der Waals surface area contributed by atoms with Gasteiger partial charge in [-0.05, 0) is 6.92 Å². The normalized spacial score (nSPS) is 11.4. The molecule has 1 aromatic rings. The highest BCUT2D eigenvalue weighted by atomic mass is 16.4. The van der Waals surface area contributed by atoms with Crippen LogP contribution < -0.4 is 5.32 Å². The van der Waals surface area contributed by atoms with Gasteiger partial charge in [0.25, 0.3) is 0 Å². The van der Waals surface area contributed by atoms with E-state index in [1.165, 1.54) is 0 Å². The van der Waals surface area contributed by atoms with E-state index < -0.39 is 5.97 Å². The van der Waals surface area contributed by atoms with Crippen molar-refractivity contribution in [3.05, 3.63) is 24.0 Å². The second-order valence-electron chi connectivity index (χ2n) is 2.98. The van der Waals surface area contributed by atoms with Crippen LogP contribution in [0.1, 0.15) is 6.92 Å². The highest BCUT2D eigenvalue weighted by Gasteiger charge is 1.98. The number of rotatable bonds is 4. The van der Waals surface area contributed by atoms with Crippen molar-refractivity contribution in [3.63, 3.8) is 0 Å². The summed E-state index contributed by atoms with van der Waals surface area (Å²) in [7, 11) is 1.82. The van der Waals surface area contributed by atoms with E-state index >= 15 is 0 Å². The molecule has 5 nitrogen and oxygen atoms in total. The van der Waals surface area contributed by atoms with Gasteiger partial charge in [0.2, 0.25) is 0 Å². The van der Waals surface area contributed by atoms with Gasteiger partial charge in [-0.1, -0.05) is 6.08 Å². The summed E-state index contributed by atoms with van der Waals surface area (Å²) in [5.74, 6) is -0.891. The number of carboxylic acids is 1. The Morgan fingerprint density at radius 3 is 3.00 bits per heavy atom. The highest BCUT2D eigenvalue weighted by Crippen LogP contribution is 2.02. The van der Waals surface area contributed by atoms with E-state index in [-0.39, 0.29) is 0 Å². The lowest BCUT2D eigenvalue weighted by Gasteiger charge is -1.98. The van der Waals surface area contributed by atoms with Crippen LogP contribution in [0.4, 0.5) is 5.69 Å². The molecule has 0 bridgehead atoms. The Balaban J connectivity index is 2.42. The van der Waals surface area contributed by atoms with E-state index in [1.807, 2.05) is 13.2 Å². The Bertz CT molecular complexity index is 355. The van der Waals surface area contributed by atoms with Gasteiger partial charge >= 0.3 is 5.97 Å². The molecule has 0 aliphatic heterocycles. The van der Waals surface area contributed by atoms with E-state index in [0.717, 1.165) is 5.69 Å². The molecule has 1 rings (SSSR count). The van der Waals surface area contributed by atoms with Crippen LogP contribution in [0.25, 0.3) is 0 Å². The molecule has 76 valence electrons. The van der Waals surface area contributed by atoms with E-state index in [9.17, 15) is 4.79 Å². The van der Waals surface area contributed by atoms with Crippen molar-refractivity contribution in [2.45, 2.75) is 6.92 Å². The Labute approximate surface area is 82.0 Å². The van der Waals surface area contributed by atoms with Crippen LogP contribution in [0.2, 0.25) is 0 Å². The maximum absolute atomic E-state index is 10.4. The summed E-state index contributed by atoms with van der Waals surface area (Å²) >= 11 is 0. The third kappa shape index (κ3) is 2.93. The van der Waals surface area contributed by atoms with Crippen LogP contribution in [0.15, 0.2) is 24.0 Å². The van der Waals surface area contributed by atoms with Gasteiger partial charge in [-0.2, -0.15) is 5.10 Å². The average molecular weight is 195 g/mol. The minimum atomic E-state index is -0.891. The number of hydrogen-bond donors (Lipinski definition) is 2. The van der Waals surface area contributed by atoms with Crippen LogP contribution in [-0.2, 0) is 11.8 Å². The largest absolute Gasteiger partial charge is 0.478 e. The lowest BCUT2D eigenvalue weighted by atomic mass is 10.3. The molecule has 14 heavy (non-hydrogen) atoms. The lowest BCUT2D eigenvalue weighted by Crippen LogP contribution is -2.02. The van der Waals surface area contributed by atoms with E-state index in [0.29, 0.717) is 12.1 Å². The molecule has 0 unspecified atom stereocenters. The van der Waals surface area contributed by atoms with Crippen LogP contribution in [0.3, 0.4) is 0 Å². The standard InChI is InChI=1S/C9H13N3O2/c1-7(9(13)14)3-4-10-8-5-11-12(2)6-8/h3,5-6,10H,4H2,1-2H3,(H,13,14). The Morgan fingerprint density at radius 1 is 1.79 bits per heavy atom. The first-order valence-corrected chi connectivity index (χ1v) is 4.22. The summed E-state index contributed by atoms with van der Waals surface area (Å²) in [5.41, 5.74) is 1.21. The van der Waals surface area contributed by atoms with Crippen molar-refractivity contribution in [1.29, 1.82) is 0 Å². The summed E-state index contributed by atoms with van der Waals surface area (Å²) in [4.78, 5) is 10.4. The number of nitrogens with zero attached hydrogens (tertiary/aromatic N) is 2. The molecule has 0 radical (unpaired) electrons. The molecule has 0 amide bonds. The fourth-order valence-corrected chi connectivity index (χ4v) is 0.922. The Hall–Kier alpha value is -1.78. The van der Waals surface area contributed by atoms with Crippen LogP contribution >= 0.6 is 0 Å². The van der Waals surface area contributed by atoms with Crippen molar-refractivity contribution in [2.24, 2.45) is 7.05 Å². The topological polar surface area (TPSA) is 67.2 Å². The number of aliphatic carboxylic acids is 1. The van der Waals surface area contributed by atoms with Crippen LogP contribution in [0, 0.1) is 0 Å². The molecule has 0 aliphatic carbocycles. The fourth-order valence-electron chi connectivity index (χ4n) is 0.922. The van der Waals surface area contributed by atoms with Gasteiger partial charge in [-0.25, -0.2) is 4.79 Å². The summed E-state index contributed by atoms with van der Waals surface area (Å²) in [5, 5.41) is 15.6. The molecule has 0 atom stereocenters. The molecule has 0 spiro atoms. The zero-order chi connectivity index (χ0) is 10.6. The van der Waals surface area contributed by atoms with Gasteiger partial charge in [0, 0.05) is 25.4 Å². The van der Waals surface area contributed by atoms with Crippen LogP contribution in [0.5, 0.6) is 0 Å². The first-order valence-electron chi connectivity index (χ1n) is 4.22. The zero-order valence-electron chi connectivity index (χ0n) is 8.19. The molecule has 0 aromatic carbocycles. The summed E-state index contributed by atoms with van der Waals surface area (Å²) in [6, 6.07) is 0. The van der Waals surface area contributed by atoms with Crippen molar-refractivity contribution >= 4 is 11.7 Å². The Morgan fingerprint density at radius 2 is 2.50 bits per heavy atom. The van der Waals surface area contributed by atoms with Crippen molar-refractivity contribution in [2.75, 3.05) is 11.9 Å². The molecular formula is C9H13N3O2. The maximum atomic E-state index is 10.4. The van der Waals surface area contributed by atoms with Gasteiger partial charge in [0.05, 0.1) is 11.9 Å². The smallest absolute Gasteiger partial charge is 0.331 e. The Kier molecular flexibility index (Phi) is 3.28. The molecule has 0 saturated carbocycles. The van der Waals surface area contributed by atoms with Crippen molar-refractivity contribution < 1.29 is 9.90 Å². The fraction of sp³-hybridized carbons (Fsp3) is 0.333. The molecule has 1 aromatic heterocycles. The van der Waals surface area contributed by atoms with Gasteiger partial charge in [-0.3, -0.25) is 4.68 Å². The monoisotopic (exact) mass is 195 g/mol. The van der Waals surface area contributed by atoms with Gasteiger partial charge in [0.1, 0.15) is 0 Å². The number of anilines is 1. The summed E-state index contributed by atoms with van der Waals surface area (Å²) in [6.07, 6.45) is 5.13. The lowest BCUT2D eigenvalue weighted by molar-refractivity contribution is -0.132. The molecule has 0 aliphatic rings. The minimum Gasteiger partial charge on any atom is -0.478 e. The summed E-state index contributed by atoms with van der Waals surface area (Å²) < 4.78 is 1.68. The van der Waals surface area contributed by atoms with E-state index in [1.54, 1.807) is 23.9 Å². The molecular weight excluding hydrogens is 182 g/mol. The van der Waals surface area contributed by atoms with Crippen molar-refractivity contribution in [3.8, 4) is 0 Å². The summed E-state index contributed by atoms with van der Waals surface area (Å²) in [6.45, 7) is 2.05. The van der Waals surface area contributed by atoms with Crippen molar-refractivity contribution in [1.82, 2.24) is 9.78 Å². The molecule has 0 saturated heterocycles. The highest BCUT2D eigenvalue weighted by molar-refractivity contribution is 5.85. The number of nitrogens with one attached hydrogen (secondary N) is 1. The number of carboxylic acid groups (broad SMARTS) is 1. The number of aromatic nitrogens is 2. The van der Waals surface area contributed by atoms with Gasteiger partial charge in [0.15, 0.2) is 0 Å². The number of hydrogen-bond acceptors (Lipinski definition) is 3. The van der Waals surface area contributed by atoms with E-state index in [4.69, 9.17) is 5.11 Å². The molecule has 1 heterocycles. The zero-order valence-corrected chi connectivity index (χ0v) is 8.19. The second kappa shape index (κ2) is 4.45. The number of aryl methyl sites for hydroxylation is 1. The third-order valence-corrected chi connectivity index (χ3v) is 1.76. The molecule has 2 N–H and O–H groups in total. The SMILES string of the molecule is CC(=CCNc1cnn(C)c1)C(=O)O. The first kappa shape index (κ1) is 10.3. The second-order valence-corrected chi connectivity index (χ2v) is 2.98. The number of carbonyl (C=O) groups is 1. The minimum absolute atomic E-state index is 0.335. The van der Waals surface area contributed by atoms with Gasteiger partial charge < -0.3 is 10.4 Å². The predicted molar refractivity (Wildman–Crippen MR) is 53.1 cm³/mol. The molecule has 0 fully saturated rings. The van der Waals surface area contributed by atoms with Gasteiger partial charge in [-0.15, -0.1) is 0 Å². The average Bonchev–Trinajstić information content (AvgIpc) is 2.51. The maximum Gasteiger partial charge on any atom is 0.331 e. The van der Waals surface area contributed by atoms with E-state index in [2.05, 4.69) is 10.4 Å². The molecule has 5 heteroatoms. The quantitative estimate of drug-likeness (QED) is 0.699. The first-order chi connectivity index (χ1) is 6.59.